The van der Waals surface area contributed by atoms with E-state index in [9.17, 15) is 29.4 Å². The average molecular weight is 352 g/mol. The predicted octanol–water partition coefficient (Wildman–Crippen LogP) is -0.671. The molecule has 0 atom stereocenters. The molecule has 0 spiro atoms. The Morgan fingerprint density at radius 2 is 1.04 bits per heavy atom. The van der Waals surface area contributed by atoms with Crippen LogP contribution in [0.1, 0.15) is 0 Å². The number of carbonyl (C=O) groups is 4. The van der Waals surface area contributed by atoms with E-state index in [1.54, 1.807) is 36.4 Å². The first-order valence-corrected chi connectivity index (χ1v) is 7.28. The Bertz CT molecular complexity index is 869. The smallest absolute Gasteiger partial charge is 0.248 e. The Morgan fingerprint density at radius 1 is 0.654 bits per heavy atom. The maximum Gasteiger partial charge on any atom is 0.248 e. The molecule has 26 heavy (non-hydrogen) atoms. The van der Waals surface area contributed by atoms with Gasteiger partial charge in [-0.05, 0) is 24.3 Å². The summed E-state index contributed by atoms with van der Waals surface area (Å²) in [6.07, 6.45) is 2.86. The molecule has 0 aliphatic heterocycles. The van der Waals surface area contributed by atoms with Gasteiger partial charge in [-0.15, -0.1) is 0 Å². The number of carboxylic acid groups (broad SMARTS) is 2. The number of fused-ring (bicyclic) bond motifs is 1. The fourth-order valence-electron chi connectivity index (χ4n) is 2.16. The number of carboxylic acids is 2. The number of benzene rings is 2. The number of aliphatic carboxylic acids is 2. The van der Waals surface area contributed by atoms with Crippen LogP contribution in [0.2, 0.25) is 0 Å². The van der Waals surface area contributed by atoms with Crippen LogP contribution in [0.25, 0.3) is 10.8 Å². The van der Waals surface area contributed by atoms with Crippen molar-refractivity contribution in [1.29, 1.82) is 0 Å². The van der Waals surface area contributed by atoms with Crippen LogP contribution in [-0.2, 0) is 19.2 Å². The molecule has 0 aromatic heterocycles. The molecule has 2 amide bonds. The number of anilines is 2. The van der Waals surface area contributed by atoms with Crippen molar-refractivity contribution in [3.8, 4) is 0 Å². The molecule has 2 rings (SSSR count). The molecule has 0 fully saturated rings. The lowest BCUT2D eigenvalue weighted by Gasteiger charge is -2.11. The summed E-state index contributed by atoms with van der Waals surface area (Å²) in [5.74, 6) is -4.30. The number of amides is 2. The molecule has 0 aliphatic rings. The van der Waals surface area contributed by atoms with Crippen LogP contribution in [0.15, 0.2) is 60.7 Å². The van der Waals surface area contributed by atoms with Gasteiger partial charge in [0.05, 0.1) is 11.9 Å². The fraction of sp³-hybridized carbons (Fsp3) is 0. The lowest BCUT2D eigenvalue weighted by Crippen LogP contribution is -2.20. The molecule has 0 bridgehead atoms. The van der Waals surface area contributed by atoms with E-state index < -0.39 is 23.8 Å². The van der Waals surface area contributed by atoms with Crippen LogP contribution < -0.4 is 20.8 Å². The molecule has 0 radical (unpaired) electrons. The van der Waals surface area contributed by atoms with Crippen LogP contribution >= 0.6 is 0 Å². The second kappa shape index (κ2) is 8.25. The van der Waals surface area contributed by atoms with Gasteiger partial charge in [0.2, 0.25) is 11.8 Å². The largest absolute Gasteiger partial charge is 0.545 e. The van der Waals surface area contributed by atoms with Gasteiger partial charge in [0.25, 0.3) is 0 Å². The van der Waals surface area contributed by atoms with E-state index in [-0.39, 0.29) is 0 Å². The second-order valence-corrected chi connectivity index (χ2v) is 4.99. The molecule has 0 heterocycles. The van der Waals surface area contributed by atoms with E-state index in [1.165, 1.54) is 0 Å². The van der Waals surface area contributed by atoms with Crippen molar-refractivity contribution in [3.63, 3.8) is 0 Å². The Morgan fingerprint density at radius 3 is 1.38 bits per heavy atom. The summed E-state index contributed by atoms with van der Waals surface area (Å²) in [6.45, 7) is 0. The molecule has 0 aliphatic carbocycles. The first-order valence-electron chi connectivity index (χ1n) is 7.28. The average Bonchev–Trinajstić information content (AvgIpc) is 2.59. The summed E-state index contributed by atoms with van der Waals surface area (Å²) >= 11 is 0. The molecule has 2 aromatic carbocycles. The minimum atomic E-state index is -1.49. The van der Waals surface area contributed by atoms with Crippen LogP contribution in [0, 0.1) is 0 Å². The third-order valence-electron chi connectivity index (χ3n) is 3.18. The van der Waals surface area contributed by atoms with Gasteiger partial charge in [0.15, 0.2) is 0 Å². The summed E-state index contributed by atoms with van der Waals surface area (Å²) in [7, 11) is 0. The second-order valence-electron chi connectivity index (χ2n) is 4.99. The zero-order valence-corrected chi connectivity index (χ0v) is 13.2. The zero-order chi connectivity index (χ0) is 19.1. The molecule has 0 saturated carbocycles. The third kappa shape index (κ3) is 5.03. The van der Waals surface area contributed by atoms with Gasteiger partial charge in [-0.25, -0.2) is 0 Å². The topological polar surface area (TPSA) is 138 Å². The van der Waals surface area contributed by atoms with Crippen LogP contribution in [0.4, 0.5) is 11.4 Å². The summed E-state index contributed by atoms with van der Waals surface area (Å²) in [4.78, 5) is 44.2. The highest BCUT2D eigenvalue weighted by atomic mass is 16.4. The van der Waals surface area contributed by atoms with Crippen LogP contribution in [0.3, 0.4) is 0 Å². The molecular formula is C18H12N2O6-2. The van der Waals surface area contributed by atoms with E-state index in [0.717, 1.165) is 12.2 Å². The maximum absolute atomic E-state index is 11.7. The highest BCUT2D eigenvalue weighted by Gasteiger charge is 2.08. The molecule has 0 saturated heterocycles. The van der Waals surface area contributed by atoms with E-state index in [4.69, 9.17) is 0 Å². The minimum absolute atomic E-state index is 0.400. The predicted molar refractivity (Wildman–Crippen MR) is 89.5 cm³/mol. The molecule has 0 unspecified atom stereocenters. The van der Waals surface area contributed by atoms with Gasteiger partial charge in [-0.2, -0.15) is 0 Å². The minimum Gasteiger partial charge on any atom is -0.545 e. The highest BCUT2D eigenvalue weighted by molar-refractivity contribution is 6.12. The molecule has 2 N–H and O–H groups in total. The van der Waals surface area contributed by atoms with Crippen molar-refractivity contribution in [1.82, 2.24) is 0 Å². The quantitative estimate of drug-likeness (QED) is 0.661. The standard InChI is InChI=1S/C18H14N2O6/c21-15(7-9-17(23)24)19-13-5-1-3-11-12(13)4-2-6-14(11)20-16(22)8-10-18(25)26/h1-10H,(H,19,21)(H,20,22)(H,23,24)(H,25,26)/p-2. The van der Waals surface area contributed by atoms with Crippen molar-refractivity contribution >= 4 is 45.9 Å². The molecular weight excluding hydrogens is 340 g/mol. The fourth-order valence-corrected chi connectivity index (χ4v) is 2.16. The van der Waals surface area contributed by atoms with Crippen molar-refractivity contribution < 1.29 is 29.4 Å². The van der Waals surface area contributed by atoms with Crippen molar-refractivity contribution in [2.75, 3.05) is 10.6 Å². The van der Waals surface area contributed by atoms with Crippen molar-refractivity contribution in [2.45, 2.75) is 0 Å². The van der Waals surface area contributed by atoms with E-state index in [2.05, 4.69) is 10.6 Å². The first-order chi connectivity index (χ1) is 12.4. The number of rotatable bonds is 6. The SMILES string of the molecule is O=C([O-])C=CC(=O)Nc1cccc2c(NC(=O)C=CC(=O)[O-])cccc12. The molecule has 8 heteroatoms. The van der Waals surface area contributed by atoms with Gasteiger partial charge in [-0.3, -0.25) is 9.59 Å². The maximum atomic E-state index is 11.7. The Kier molecular flexibility index (Phi) is 5.83. The van der Waals surface area contributed by atoms with Gasteiger partial charge in [0, 0.05) is 34.3 Å². The summed E-state index contributed by atoms with van der Waals surface area (Å²) in [5, 5.41) is 26.9. The molecule has 132 valence electrons. The van der Waals surface area contributed by atoms with Crippen LogP contribution in [0.5, 0.6) is 0 Å². The normalized spacial score (nSPS) is 10.9. The lowest BCUT2D eigenvalue weighted by atomic mass is 10.1. The van der Waals surface area contributed by atoms with Gasteiger partial charge in [-0.1, -0.05) is 24.3 Å². The Labute approximate surface area is 147 Å². The highest BCUT2D eigenvalue weighted by Crippen LogP contribution is 2.29. The number of hydrogen-bond donors (Lipinski definition) is 2. The number of nitrogens with one attached hydrogen (secondary N) is 2. The van der Waals surface area contributed by atoms with E-state index in [0.29, 0.717) is 34.3 Å². The monoisotopic (exact) mass is 352 g/mol. The van der Waals surface area contributed by atoms with Crippen molar-refractivity contribution in [3.05, 3.63) is 60.7 Å². The van der Waals surface area contributed by atoms with E-state index >= 15 is 0 Å². The molecule has 8 nitrogen and oxygen atoms in total. The third-order valence-corrected chi connectivity index (χ3v) is 3.18. The van der Waals surface area contributed by atoms with E-state index in [1.807, 2.05) is 0 Å². The van der Waals surface area contributed by atoms with Crippen molar-refractivity contribution in [2.24, 2.45) is 0 Å². The van der Waals surface area contributed by atoms with Gasteiger partial charge < -0.3 is 30.4 Å². The Hall–Kier alpha value is -3.94. The Balaban J connectivity index is 2.30. The van der Waals surface area contributed by atoms with Gasteiger partial charge >= 0.3 is 0 Å². The zero-order valence-electron chi connectivity index (χ0n) is 13.2. The number of hydrogen-bond acceptors (Lipinski definition) is 6. The number of carbonyl (C=O) groups excluding carboxylic acids is 4. The molecule has 2 aromatic rings. The lowest BCUT2D eigenvalue weighted by molar-refractivity contribution is -0.298. The van der Waals surface area contributed by atoms with Gasteiger partial charge in [0.1, 0.15) is 0 Å². The summed E-state index contributed by atoms with van der Waals surface area (Å²) in [6, 6.07) is 9.86. The van der Waals surface area contributed by atoms with Crippen LogP contribution in [-0.4, -0.2) is 23.8 Å². The first kappa shape index (κ1) is 18.4. The summed E-state index contributed by atoms with van der Waals surface area (Å²) in [5.41, 5.74) is 0.800. The summed E-state index contributed by atoms with van der Waals surface area (Å²) < 4.78 is 0.